The number of thiol groups is 1. The standard InChI is InChI=1S/C6H14O2S/c1-3-5-6(9)8-7-4-2/h6,9H,3-5H2,1-2H3. The molecule has 56 valence electrons. The first-order chi connectivity index (χ1) is 4.31. The first kappa shape index (κ1) is 9.27. The molecule has 0 bridgehead atoms. The van der Waals surface area contributed by atoms with Crippen molar-refractivity contribution in [1.29, 1.82) is 0 Å². The van der Waals surface area contributed by atoms with E-state index in [-0.39, 0.29) is 5.44 Å². The fourth-order valence-electron chi connectivity index (χ4n) is 0.442. The van der Waals surface area contributed by atoms with Crippen LogP contribution in [-0.2, 0) is 9.78 Å². The van der Waals surface area contributed by atoms with E-state index in [1.54, 1.807) is 0 Å². The van der Waals surface area contributed by atoms with Gasteiger partial charge in [-0.2, -0.15) is 0 Å². The maximum absolute atomic E-state index is 4.80. The van der Waals surface area contributed by atoms with E-state index < -0.39 is 0 Å². The summed E-state index contributed by atoms with van der Waals surface area (Å²) >= 11 is 4.10. The Morgan fingerprint density at radius 3 is 2.56 bits per heavy atom. The largest absolute Gasteiger partial charge is 0.236 e. The molecule has 2 nitrogen and oxygen atoms in total. The van der Waals surface area contributed by atoms with E-state index in [0.717, 1.165) is 12.8 Å². The molecule has 0 aliphatic heterocycles. The van der Waals surface area contributed by atoms with Crippen LogP contribution in [0.25, 0.3) is 0 Å². The second-order valence-electron chi connectivity index (χ2n) is 1.75. The smallest absolute Gasteiger partial charge is 0.135 e. The molecule has 0 aromatic heterocycles. The van der Waals surface area contributed by atoms with E-state index in [1.165, 1.54) is 0 Å². The zero-order chi connectivity index (χ0) is 7.11. The van der Waals surface area contributed by atoms with Crippen LogP contribution in [0.2, 0.25) is 0 Å². The Morgan fingerprint density at radius 2 is 2.11 bits per heavy atom. The molecule has 0 fully saturated rings. The van der Waals surface area contributed by atoms with Crippen LogP contribution in [-0.4, -0.2) is 12.0 Å². The van der Waals surface area contributed by atoms with Crippen LogP contribution in [0.3, 0.4) is 0 Å². The highest BCUT2D eigenvalue weighted by Gasteiger charge is 1.99. The third kappa shape index (κ3) is 6.15. The van der Waals surface area contributed by atoms with Crippen LogP contribution in [0.15, 0.2) is 0 Å². The van der Waals surface area contributed by atoms with E-state index in [9.17, 15) is 0 Å². The van der Waals surface area contributed by atoms with Gasteiger partial charge in [-0.3, -0.25) is 0 Å². The second-order valence-corrected chi connectivity index (χ2v) is 2.32. The molecule has 0 aliphatic carbocycles. The Hall–Kier alpha value is 0.270. The Morgan fingerprint density at radius 1 is 1.44 bits per heavy atom. The monoisotopic (exact) mass is 150 g/mol. The van der Waals surface area contributed by atoms with Crippen molar-refractivity contribution in [2.45, 2.75) is 32.1 Å². The van der Waals surface area contributed by atoms with Crippen molar-refractivity contribution >= 4 is 12.6 Å². The molecule has 0 aliphatic rings. The third-order valence-electron chi connectivity index (χ3n) is 0.833. The molecule has 0 rings (SSSR count). The highest BCUT2D eigenvalue weighted by Crippen LogP contribution is 2.05. The number of hydrogen-bond donors (Lipinski definition) is 1. The van der Waals surface area contributed by atoms with Gasteiger partial charge in [0.2, 0.25) is 0 Å². The summed E-state index contributed by atoms with van der Waals surface area (Å²) in [4.78, 5) is 9.47. The lowest BCUT2D eigenvalue weighted by Gasteiger charge is -2.07. The first-order valence-electron chi connectivity index (χ1n) is 3.27. The van der Waals surface area contributed by atoms with Crippen molar-refractivity contribution in [2.75, 3.05) is 6.61 Å². The van der Waals surface area contributed by atoms with Gasteiger partial charge < -0.3 is 0 Å². The van der Waals surface area contributed by atoms with Crippen molar-refractivity contribution in [3.8, 4) is 0 Å². The Bertz CT molecular complexity index is 59.0. The van der Waals surface area contributed by atoms with Crippen LogP contribution in [0, 0.1) is 0 Å². The zero-order valence-electron chi connectivity index (χ0n) is 5.96. The minimum absolute atomic E-state index is 0.0602. The molecule has 0 N–H and O–H groups in total. The van der Waals surface area contributed by atoms with Crippen LogP contribution < -0.4 is 0 Å². The summed E-state index contributed by atoms with van der Waals surface area (Å²) in [6.07, 6.45) is 2.00. The van der Waals surface area contributed by atoms with E-state index in [2.05, 4.69) is 24.4 Å². The molecule has 1 unspecified atom stereocenters. The molecular weight excluding hydrogens is 136 g/mol. The summed E-state index contributed by atoms with van der Waals surface area (Å²) in [7, 11) is 0. The van der Waals surface area contributed by atoms with Gasteiger partial charge in [0.15, 0.2) is 0 Å². The van der Waals surface area contributed by atoms with E-state index in [4.69, 9.17) is 4.89 Å². The molecule has 1 atom stereocenters. The predicted molar refractivity (Wildman–Crippen MR) is 40.4 cm³/mol. The van der Waals surface area contributed by atoms with Crippen LogP contribution in [0.1, 0.15) is 26.7 Å². The summed E-state index contributed by atoms with van der Waals surface area (Å²) in [5, 5.41) is 0. The van der Waals surface area contributed by atoms with Crippen molar-refractivity contribution < 1.29 is 9.78 Å². The van der Waals surface area contributed by atoms with Gasteiger partial charge in [-0.1, -0.05) is 13.3 Å². The van der Waals surface area contributed by atoms with Gasteiger partial charge in [0, 0.05) is 0 Å². The molecule has 0 saturated carbocycles. The summed E-state index contributed by atoms with van der Waals surface area (Å²) in [5.41, 5.74) is -0.0602. The minimum Gasteiger partial charge on any atom is -0.236 e. The lowest BCUT2D eigenvalue weighted by Crippen LogP contribution is -2.04. The molecule has 0 aromatic rings. The van der Waals surface area contributed by atoms with Gasteiger partial charge in [0.05, 0.1) is 6.61 Å². The highest BCUT2D eigenvalue weighted by molar-refractivity contribution is 7.80. The van der Waals surface area contributed by atoms with Gasteiger partial charge in [0.25, 0.3) is 0 Å². The average Bonchev–Trinajstić information content (AvgIpc) is 1.85. The Balaban J connectivity index is 2.95. The maximum Gasteiger partial charge on any atom is 0.135 e. The van der Waals surface area contributed by atoms with E-state index in [0.29, 0.717) is 6.61 Å². The van der Waals surface area contributed by atoms with Crippen molar-refractivity contribution in [3.63, 3.8) is 0 Å². The molecule has 0 amide bonds. The van der Waals surface area contributed by atoms with Crippen molar-refractivity contribution in [2.24, 2.45) is 0 Å². The number of rotatable bonds is 5. The van der Waals surface area contributed by atoms with Crippen molar-refractivity contribution in [3.05, 3.63) is 0 Å². The fraction of sp³-hybridized carbons (Fsp3) is 1.00. The normalized spacial score (nSPS) is 13.7. The van der Waals surface area contributed by atoms with Crippen LogP contribution in [0.4, 0.5) is 0 Å². The topological polar surface area (TPSA) is 18.5 Å². The molecule has 0 saturated heterocycles. The highest BCUT2D eigenvalue weighted by atomic mass is 32.1. The molecule has 9 heavy (non-hydrogen) atoms. The van der Waals surface area contributed by atoms with Gasteiger partial charge in [-0.15, -0.1) is 12.6 Å². The summed E-state index contributed by atoms with van der Waals surface area (Å²) in [6, 6.07) is 0. The molecule has 3 heteroatoms. The quantitative estimate of drug-likeness (QED) is 0.280. The van der Waals surface area contributed by atoms with E-state index in [1.807, 2.05) is 6.92 Å². The second kappa shape index (κ2) is 6.39. The lowest BCUT2D eigenvalue weighted by atomic mass is 10.4. The van der Waals surface area contributed by atoms with Gasteiger partial charge >= 0.3 is 0 Å². The summed E-state index contributed by atoms with van der Waals surface area (Å²) < 4.78 is 0. The molecular formula is C6H14O2S. The zero-order valence-corrected chi connectivity index (χ0v) is 6.86. The number of hydrogen-bond acceptors (Lipinski definition) is 3. The van der Waals surface area contributed by atoms with Gasteiger partial charge in [-0.25, -0.2) is 9.78 Å². The summed E-state index contributed by atoms with van der Waals surface area (Å²) in [5.74, 6) is 0. The van der Waals surface area contributed by atoms with Gasteiger partial charge in [-0.05, 0) is 13.3 Å². The summed E-state index contributed by atoms with van der Waals surface area (Å²) in [6.45, 7) is 4.55. The molecule has 0 spiro atoms. The molecule has 0 radical (unpaired) electrons. The molecule has 0 heterocycles. The minimum atomic E-state index is -0.0602. The Kier molecular flexibility index (Phi) is 6.58. The average molecular weight is 150 g/mol. The van der Waals surface area contributed by atoms with Crippen molar-refractivity contribution in [1.82, 2.24) is 0 Å². The SMILES string of the molecule is CCCC(S)OOCC. The van der Waals surface area contributed by atoms with Crippen LogP contribution >= 0.6 is 12.6 Å². The van der Waals surface area contributed by atoms with Gasteiger partial charge in [0.1, 0.15) is 5.44 Å². The lowest BCUT2D eigenvalue weighted by molar-refractivity contribution is -0.301. The Labute approximate surface area is 61.9 Å². The third-order valence-corrected chi connectivity index (χ3v) is 1.18. The van der Waals surface area contributed by atoms with E-state index >= 15 is 0 Å². The predicted octanol–water partition coefficient (Wildman–Crippen LogP) is 2.01. The first-order valence-corrected chi connectivity index (χ1v) is 3.79. The van der Waals surface area contributed by atoms with Crippen LogP contribution in [0.5, 0.6) is 0 Å². The molecule has 0 aromatic carbocycles. The fourth-order valence-corrected chi connectivity index (χ4v) is 0.761. The maximum atomic E-state index is 4.80.